The molecule has 2 heterocycles. The average Bonchev–Trinajstić information content (AvgIpc) is 2.95. The summed E-state index contributed by atoms with van der Waals surface area (Å²) in [6, 6.07) is 5.38. The van der Waals surface area contributed by atoms with E-state index < -0.39 is 0 Å². The van der Waals surface area contributed by atoms with Crippen LogP contribution >= 0.6 is 0 Å². The molecule has 144 valence electrons. The van der Waals surface area contributed by atoms with Crippen molar-refractivity contribution in [3.8, 4) is 0 Å². The summed E-state index contributed by atoms with van der Waals surface area (Å²) in [7, 11) is 0. The van der Waals surface area contributed by atoms with Crippen LogP contribution in [0.25, 0.3) is 0 Å². The molecule has 0 spiro atoms. The molecule has 0 radical (unpaired) electrons. The molecule has 1 aromatic rings. The van der Waals surface area contributed by atoms with E-state index in [9.17, 15) is 14.4 Å². The van der Waals surface area contributed by atoms with Crippen LogP contribution in [0.1, 0.15) is 89.4 Å². The Hall–Kier alpha value is -2.17. The second kappa shape index (κ2) is 7.45. The molecule has 1 saturated carbocycles. The minimum Gasteiger partial charge on any atom is -0.335 e. The Morgan fingerprint density at radius 1 is 1.04 bits per heavy atom. The quantitative estimate of drug-likeness (QED) is 0.758. The monoisotopic (exact) mass is 368 g/mol. The smallest absolute Gasteiger partial charge is 0.261 e. The molecule has 27 heavy (non-hydrogen) atoms. The largest absolute Gasteiger partial charge is 0.335 e. The molecule has 1 saturated heterocycles. The van der Waals surface area contributed by atoms with Gasteiger partial charge in [-0.2, -0.15) is 0 Å². The summed E-state index contributed by atoms with van der Waals surface area (Å²) in [6.45, 7) is 3.28. The SMILES string of the molecule is CCCCN1C(=O)c2ccc(C(=O)N3CCCC4CCCCC43)cc2C1=O. The van der Waals surface area contributed by atoms with Crippen LogP contribution in [0, 0.1) is 5.92 Å². The fourth-order valence-electron chi connectivity index (χ4n) is 4.99. The summed E-state index contributed by atoms with van der Waals surface area (Å²) in [4.78, 5) is 41.7. The number of benzene rings is 1. The lowest BCUT2D eigenvalue weighted by molar-refractivity contribution is 0.0390. The molecular weight excluding hydrogens is 340 g/mol. The summed E-state index contributed by atoms with van der Waals surface area (Å²) in [6.07, 6.45) is 8.77. The second-order valence-electron chi connectivity index (χ2n) is 8.13. The molecule has 2 atom stereocenters. The van der Waals surface area contributed by atoms with Crippen molar-refractivity contribution in [1.82, 2.24) is 9.80 Å². The highest BCUT2D eigenvalue weighted by Gasteiger charge is 2.38. The Bertz CT molecular complexity index is 771. The van der Waals surface area contributed by atoms with E-state index in [1.807, 2.05) is 11.8 Å². The van der Waals surface area contributed by atoms with Crippen LogP contribution in [-0.4, -0.2) is 46.7 Å². The van der Waals surface area contributed by atoms with Crippen molar-refractivity contribution < 1.29 is 14.4 Å². The zero-order valence-electron chi connectivity index (χ0n) is 16.1. The minimum atomic E-state index is -0.257. The molecule has 3 amide bonds. The van der Waals surface area contributed by atoms with Crippen molar-refractivity contribution >= 4 is 17.7 Å². The fourth-order valence-corrected chi connectivity index (χ4v) is 4.99. The van der Waals surface area contributed by atoms with Gasteiger partial charge in [-0.3, -0.25) is 19.3 Å². The Kier molecular flexibility index (Phi) is 5.02. The first-order valence-corrected chi connectivity index (χ1v) is 10.4. The number of hydrogen-bond acceptors (Lipinski definition) is 3. The standard InChI is InChI=1S/C22H28N2O3/c1-2-3-12-24-21(26)17-11-10-16(14-18(17)22(24)27)20(25)23-13-6-8-15-7-4-5-9-19(15)23/h10-11,14-15,19H,2-9,12-13H2,1H3. The molecule has 2 unspecified atom stereocenters. The van der Waals surface area contributed by atoms with Crippen LogP contribution in [0.4, 0.5) is 0 Å². The summed E-state index contributed by atoms with van der Waals surface area (Å²) in [5.74, 6) is 0.153. The van der Waals surface area contributed by atoms with Gasteiger partial charge in [-0.25, -0.2) is 0 Å². The van der Waals surface area contributed by atoms with Crippen LogP contribution in [0.15, 0.2) is 18.2 Å². The van der Waals surface area contributed by atoms with E-state index >= 15 is 0 Å². The topological polar surface area (TPSA) is 57.7 Å². The molecule has 0 aromatic heterocycles. The Morgan fingerprint density at radius 3 is 2.59 bits per heavy atom. The summed E-state index contributed by atoms with van der Waals surface area (Å²) in [5.41, 5.74) is 1.36. The number of piperidine rings is 1. The predicted octanol–water partition coefficient (Wildman–Crippen LogP) is 3.88. The number of nitrogens with zero attached hydrogens (tertiary/aromatic N) is 2. The van der Waals surface area contributed by atoms with Gasteiger partial charge in [-0.15, -0.1) is 0 Å². The zero-order chi connectivity index (χ0) is 19.0. The number of unbranched alkanes of at least 4 members (excludes halogenated alkanes) is 1. The van der Waals surface area contributed by atoms with Gasteiger partial charge in [0.15, 0.2) is 0 Å². The summed E-state index contributed by atoms with van der Waals surface area (Å²) >= 11 is 0. The minimum absolute atomic E-state index is 0.0154. The van der Waals surface area contributed by atoms with Gasteiger partial charge in [0.2, 0.25) is 0 Å². The van der Waals surface area contributed by atoms with E-state index in [-0.39, 0.29) is 17.7 Å². The third kappa shape index (κ3) is 3.17. The van der Waals surface area contributed by atoms with Crippen LogP contribution in [0.2, 0.25) is 0 Å². The third-order valence-electron chi connectivity index (χ3n) is 6.46. The molecule has 5 nitrogen and oxygen atoms in total. The number of likely N-dealkylation sites (tertiary alicyclic amines) is 1. The van der Waals surface area contributed by atoms with E-state index in [0.29, 0.717) is 35.2 Å². The highest BCUT2D eigenvalue weighted by molar-refractivity contribution is 6.22. The molecule has 4 rings (SSSR count). The number of amides is 3. The van der Waals surface area contributed by atoms with Crippen molar-refractivity contribution in [3.05, 3.63) is 34.9 Å². The van der Waals surface area contributed by atoms with E-state index in [1.165, 1.54) is 30.6 Å². The molecule has 2 aliphatic heterocycles. The first kappa shape index (κ1) is 18.2. The van der Waals surface area contributed by atoms with Gasteiger partial charge in [0.05, 0.1) is 11.1 Å². The molecule has 2 fully saturated rings. The first-order chi connectivity index (χ1) is 13.1. The van der Waals surface area contributed by atoms with Gasteiger partial charge in [0.25, 0.3) is 17.7 Å². The van der Waals surface area contributed by atoms with E-state index in [2.05, 4.69) is 0 Å². The molecular formula is C22H28N2O3. The lowest BCUT2D eigenvalue weighted by atomic mass is 9.78. The Balaban J connectivity index is 1.57. The van der Waals surface area contributed by atoms with Crippen LogP contribution in [0.3, 0.4) is 0 Å². The maximum Gasteiger partial charge on any atom is 0.261 e. The lowest BCUT2D eigenvalue weighted by Crippen LogP contribution is -2.49. The van der Waals surface area contributed by atoms with Crippen molar-refractivity contribution in [3.63, 3.8) is 0 Å². The average molecular weight is 368 g/mol. The number of carbonyl (C=O) groups is 3. The maximum absolute atomic E-state index is 13.2. The van der Waals surface area contributed by atoms with Gasteiger partial charge >= 0.3 is 0 Å². The molecule has 1 aromatic carbocycles. The normalized spacial score (nSPS) is 24.8. The summed E-state index contributed by atoms with van der Waals surface area (Å²) < 4.78 is 0. The fraction of sp³-hybridized carbons (Fsp3) is 0.591. The molecule has 0 N–H and O–H groups in total. The number of imide groups is 1. The number of rotatable bonds is 4. The van der Waals surface area contributed by atoms with Crippen LogP contribution in [-0.2, 0) is 0 Å². The highest BCUT2D eigenvalue weighted by Crippen LogP contribution is 2.36. The van der Waals surface area contributed by atoms with Gasteiger partial charge < -0.3 is 4.90 Å². The maximum atomic E-state index is 13.2. The van der Waals surface area contributed by atoms with E-state index in [1.54, 1.807) is 18.2 Å². The second-order valence-corrected chi connectivity index (χ2v) is 8.13. The predicted molar refractivity (Wildman–Crippen MR) is 103 cm³/mol. The number of hydrogen-bond donors (Lipinski definition) is 0. The zero-order valence-corrected chi connectivity index (χ0v) is 16.1. The van der Waals surface area contributed by atoms with Gasteiger partial charge in [-0.05, 0) is 56.2 Å². The van der Waals surface area contributed by atoms with Crippen molar-refractivity contribution in [2.45, 2.75) is 64.3 Å². The number of carbonyl (C=O) groups excluding carboxylic acids is 3. The van der Waals surface area contributed by atoms with Gasteiger partial charge in [0.1, 0.15) is 0 Å². The van der Waals surface area contributed by atoms with Crippen LogP contribution < -0.4 is 0 Å². The van der Waals surface area contributed by atoms with Gasteiger partial charge in [0, 0.05) is 24.7 Å². The lowest BCUT2D eigenvalue weighted by Gasteiger charge is -2.44. The number of fused-ring (bicyclic) bond motifs is 2. The van der Waals surface area contributed by atoms with E-state index in [4.69, 9.17) is 0 Å². The van der Waals surface area contributed by atoms with Crippen molar-refractivity contribution in [1.29, 1.82) is 0 Å². The highest BCUT2D eigenvalue weighted by atomic mass is 16.2. The van der Waals surface area contributed by atoms with Crippen molar-refractivity contribution in [2.75, 3.05) is 13.1 Å². The molecule has 0 bridgehead atoms. The molecule has 5 heteroatoms. The van der Waals surface area contributed by atoms with Crippen molar-refractivity contribution in [2.24, 2.45) is 5.92 Å². The summed E-state index contributed by atoms with van der Waals surface area (Å²) in [5, 5.41) is 0. The Labute approximate surface area is 160 Å². The first-order valence-electron chi connectivity index (χ1n) is 10.4. The Morgan fingerprint density at radius 2 is 1.78 bits per heavy atom. The van der Waals surface area contributed by atoms with E-state index in [0.717, 1.165) is 32.2 Å². The molecule has 1 aliphatic carbocycles. The third-order valence-corrected chi connectivity index (χ3v) is 6.46. The molecule has 3 aliphatic rings. The van der Waals surface area contributed by atoms with Gasteiger partial charge in [-0.1, -0.05) is 26.2 Å². The van der Waals surface area contributed by atoms with Crippen LogP contribution in [0.5, 0.6) is 0 Å².